The van der Waals surface area contributed by atoms with Crippen LogP contribution < -0.4 is 0 Å². The smallest absolute Gasteiger partial charge is 0.317 e. The largest absolute Gasteiger partial charge is 0.466 e. The maximum Gasteiger partial charge on any atom is 0.317 e. The highest BCUT2D eigenvalue weighted by Gasteiger charge is 2.33. The summed E-state index contributed by atoms with van der Waals surface area (Å²) in [4.78, 5) is 29.3. The van der Waals surface area contributed by atoms with Crippen LogP contribution in [0.15, 0.2) is 35.4 Å². The van der Waals surface area contributed by atoms with E-state index in [-0.39, 0.29) is 6.61 Å². The van der Waals surface area contributed by atoms with E-state index in [0.717, 1.165) is 0 Å². The Morgan fingerprint density at radius 2 is 2.15 bits per heavy atom. The van der Waals surface area contributed by atoms with Gasteiger partial charge in [-0.2, -0.15) is 0 Å². The SMILES string of the molecule is CCOC(=O)C(N=[N+]=[N-])C(O[N+](=O)[O-])c1ccccc1. The second-order valence-corrected chi connectivity index (χ2v) is 3.56. The van der Waals surface area contributed by atoms with Crippen LogP contribution in [0.5, 0.6) is 0 Å². The van der Waals surface area contributed by atoms with Crippen LogP contribution in [0.25, 0.3) is 10.4 Å². The molecule has 1 aromatic rings. The molecular weight excluding hydrogens is 268 g/mol. The second-order valence-electron chi connectivity index (χ2n) is 3.56. The van der Waals surface area contributed by atoms with Gasteiger partial charge in [-0.1, -0.05) is 35.4 Å². The molecule has 0 radical (unpaired) electrons. The topological polar surface area (TPSA) is 127 Å². The van der Waals surface area contributed by atoms with E-state index in [9.17, 15) is 14.9 Å². The summed E-state index contributed by atoms with van der Waals surface area (Å²) < 4.78 is 4.73. The lowest BCUT2D eigenvalue weighted by molar-refractivity contribution is -0.771. The van der Waals surface area contributed by atoms with Gasteiger partial charge >= 0.3 is 5.97 Å². The number of ether oxygens (including phenoxy) is 1. The van der Waals surface area contributed by atoms with E-state index in [1.165, 1.54) is 12.1 Å². The van der Waals surface area contributed by atoms with Crippen LogP contribution in [-0.4, -0.2) is 23.7 Å². The maximum absolute atomic E-state index is 11.7. The van der Waals surface area contributed by atoms with Crippen molar-refractivity contribution < 1.29 is 19.5 Å². The predicted octanol–water partition coefficient (Wildman–Crippen LogP) is 2.18. The van der Waals surface area contributed by atoms with Gasteiger partial charge in [0.15, 0.2) is 12.1 Å². The number of benzene rings is 1. The Bertz CT molecular complexity index is 515. The molecule has 9 heteroatoms. The number of nitrogens with zero attached hydrogens (tertiary/aromatic N) is 4. The lowest BCUT2D eigenvalue weighted by Gasteiger charge is -2.20. The molecule has 0 amide bonds. The third-order valence-corrected chi connectivity index (χ3v) is 2.32. The number of carbonyl (C=O) groups is 1. The minimum atomic E-state index is -1.48. The molecule has 0 spiro atoms. The van der Waals surface area contributed by atoms with Crippen LogP contribution in [0.2, 0.25) is 0 Å². The number of esters is 1. The highest BCUT2D eigenvalue weighted by atomic mass is 17.0. The average molecular weight is 280 g/mol. The first kappa shape index (κ1) is 15.3. The van der Waals surface area contributed by atoms with E-state index in [2.05, 4.69) is 14.9 Å². The van der Waals surface area contributed by atoms with Gasteiger partial charge in [-0.25, -0.2) is 0 Å². The predicted molar refractivity (Wildman–Crippen MR) is 66.8 cm³/mol. The summed E-state index contributed by atoms with van der Waals surface area (Å²) in [7, 11) is 0. The van der Waals surface area contributed by atoms with Crippen molar-refractivity contribution in [2.45, 2.75) is 19.1 Å². The molecule has 0 aromatic heterocycles. The molecule has 9 nitrogen and oxygen atoms in total. The van der Waals surface area contributed by atoms with Crippen molar-refractivity contribution in [3.05, 3.63) is 56.5 Å². The number of azide groups is 1. The van der Waals surface area contributed by atoms with Crippen molar-refractivity contribution >= 4 is 5.97 Å². The molecule has 1 rings (SSSR count). The average Bonchev–Trinajstić information content (AvgIpc) is 2.43. The van der Waals surface area contributed by atoms with Crippen LogP contribution in [0, 0.1) is 10.1 Å². The van der Waals surface area contributed by atoms with Gasteiger partial charge < -0.3 is 9.57 Å². The number of carbonyl (C=O) groups excluding carboxylic acids is 1. The standard InChI is InChI=1S/C11H12N4O5/c1-2-19-11(16)9(13-14-12)10(20-15(17)18)8-6-4-3-5-7-8/h3-7,9-10H,2H2,1H3. The van der Waals surface area contributed by atoms with Crippen molar-refractivity contribution in [2.24, 2.45) is 5.11 Å². The van der Waals surface area contributed by atoms with E-state index >= 15 is 0 Å². The van der Waals surface area contributed by atoms with E-state index in [4.69, 9.17) is 10.3 Å². The fourth-order valence-electron chi connectivity index (χ4n) is 1.55. The van der Waals surface area contributed by atoms with Gasteiger partial charge in [-0.05, 0) is 18.0 Å². The Balaban J connectivity index is 3.14. The van der Waals surface area contributed by atoms with Gasteiger partial charge in [0.1, 0.15) is 0 Å². The minimum absolute atomic E-state index is 0.0518. The summed E-state index contributed by atoms with van der Waals surface area (Å²) in [5, 5.41) is 12.8. The molecule has 2 unspecified atom stereocenters. The molecule has 0 fully saturated rings. The van der Waals surface area contributed by atoms with Crippen molar-refractivity contribution in [3.8, 4) is 0 Å². The van der Waals surface area contributed by atoms with Crippen molar-refractivity contribution in [2.75, 3.05) is 6.61 Å². The number of hydrogen-bond donors (Lipinski definition) is 0. The quantitative estimate of drug-likeness (QED) is 0.189. The summed E-state index contributed by atoms with van der Waals surface area (Å²) in [5.41, 5.74) is 8.84. The van der Waals surface area contributed by atoms with Gasteiger partial charge in [-0.3, -0.25) is 4.79 Å². The third kappa shape index (κ3) is 4.14. The first-order chi connectivity index (χ1) is 9.60. The summed E-state index contributed by atoms with van der Waals surface area (Å²) in [5.74, 6) is -0.888. The Morgan fingerprint density at radius 3 is 2.65 bits per heavy atom. The number of rotatable bonds is 7. The zero-order valence-electron chi connectivity index (χ0n) is 10.6. The summed E-state index contributed by atoms with van der Waals surface area (Å²) in [6.45, 7) is 1.62. The molecule has 0 heterocycles. The van der Waals surface area contributed by atoms with Gasteiger partial charge in [0.25, 0.3) is 5.09 Å². The zero-order chi connectivity index (χ0) is 15.0. The monoisotopic (exact) mass is 280 g/mol. The molecule has 1 aromatic carbocycles. The van der Waals surface area contributed by atoms with Crippen molar-refractivity contribution in [3.63, 3.8) is 0 Å². The molecule has 0 bridgehead atoms. The molecular formula is C11H12N4O5. The Hall–Kier alpha value is -2.80. The lowest BCUT2D eigenvalue weighted by Crippen LogP contribution is -2.31. The molecule has 106 valence electrons. The zero-order valence-corrected chi connectivity index (χ0v) is 10.6. The van der Waals surface area contributed by atoms with Gasteiger partial charge in [0, 0.05) is 4.91 Å². The highest BCUT2D eigenvalue weighted by Crippen LogP contribution is 2.25. The van der Waals surface area contributed by atoms with E-state index < -0.39 is 23.2 Å². The van der Waals surface area contributed by atoms with E-state index in [0.29, 0.717) is 5.56 Å². The summed E-state index contributed by atoms with van der Waals surface area (Å²) in [6.07, 6.45) is -1.36. The Morgan fingerprint density at radius 1 is 1.50 bits per heavy atom. The van der Waals surface area contributed by atoms with Gasteiger partial charge in [0.2, 0.25) is 0 Å². The summed E-state index contributed by atoms with van der Waals surface area (Å²) in [6, 6.07) is 6.49. The van der Waals surface area contributed by atoms with Crippen molar-refractivity contribution in [1.82, 2.24) is 0 Å². The molecule has 0 saturated carbocycles. The van der Waals surface area contributed by atoms with Crippen LogP contribution in [0.4, 0.5) is 0 Å². The molecule has 0 N–H and O–H groups in total. The Kier molecular flexibility index (Phi) is 5.79. The highest BCUT2D eigenvalue weighted by molar-refractivity contribution is 5.77. The molecule has 2 atom stereocenters. The fourth-order valence-corrected chi connectivity index (χ4v) is 1.55. The van der Waals surface area contributed by atoms with E-state index in [1.54, 1.807) is 25.1 Å². The Labute approximate surface area is 113 Å². The van der Waals surface area contributed by atoms with E-state index in [1.807, 2.05) is 0 Å². The third-order valence-electron chi connectivity index (χ3n) is 2.32. The molecule has 20 heavy (non-hydrogen) atoms. The summed E-state index contributed by atoms with van der Waals surface area (Å²) >= 11 is 0. The van der Waals surface area contributed by atoms with Crippen LogP contribution in [0.1, 0.15) is 18.6 Å². The maximum atomic E-state index is 11.7. The first-order valence-electron chi connectivity index (χ1n) is 5.67. The molecule has 0 aliphatic heterocycles. The van der Waals surface area contributed by atoms with Crippen LogP contribution >= 0.6 is 0 Å². The second kappa shape index (κ2) is 7.59. The van der Waals surface area contributed by atoms with Crippen LogP contribution in [-0.2, 0) is 14.4 Å². The molecule has 0 aliphatic rings. The first-order valence-corrected chi connectivity index (χ1v) is 5.67. The lowest BCUT2D eigenvalue weighted by atomic mass is 10.0. The minimum Gasteiger partial charge on any atom is -0.466 e. The molecule has 0 aliphatic carbocycles. The normalized spacial score (nSPS) is 12.7. The van der Waals surface area contributed by atoms with Crippen molar-refractivity contribution in [1.29, 1.82) is 0 Å². The number of hydrogen-bond acceptors (Lipinski definition) is 6. The molecule has 0 saturated heterocycles. The van der Waals surface area contributed by atoms with Crippen LogP contribution in [0.3, 0.4) is 0 Å². The van der Waals surface area contributed by atoms with Gasteiger partial charge in [0.05, 0.1) is 6.61 Å². The fraction of sp³-hybridized carbons (Fsp3) is 0.364. The van der Waals surface area contributed by atoms with Gasteiger partial charge in [-0.15, -0.1) is 10.1 Å².